The molecule has 0 fully saturated rings. The lowest BCUT2D eigenvalue weighted by Gasteiger charge is -2.15. The van der Waals surface area contributed by atoms with Gasteiger partial charge in [-0.2, -0.15) is 0 Å². The normalized spacial score (nSPS) is 12.5. The number of nitrogens with zero attached hydrogens (tertiary/aromatic N) is 2. The number of carbonyl (C=O) groups is 5. The minimum absolute atomic E-state index is 0.130. The van der Waals surface area contributed by atoms with Gasteiger partial charge in [-0.25, -0.2) is 19.0 Å². The second-order valence-corrected chi connectivity index (χ2v) is 4.73. The van der Waals surface area contributed by atoms with Crippen LogP contribution in [0.15, 0.2) is 18.3 Å². The van der Waals surface area contributed by atoms with Crippen molar-refractivity contribution in [1.82, 2.24) is 9.55 Å². The molecule has 0 saturated carbocycles. The Balaban J connectivity index is 2.61. The third kappa shape index (κ3) is 1.76. The molecule has 10 heteroatoms. The van der Waals surface area contributed by atoms with Gasteiger partial charge in [0, 0.05) is 11.8 Å². The van der Waals surface area contributed by atoms with Crippen LogP contribution in [0, 0.1) is 0 Å². The zero-order chi connectivity index (χ0) is 17.8. The molecule has 0 aromatic carbocycles. The molecule has 2 aromatic heterocycles. The number of aromatic carboxylic acids is 2. The maximum atomic E-state index is 12.3. The Bertz CT molecular complexity index is 985. The van der Waals surface area contributed by atoms with Gasteiger partial charge in [-0.15, -0.1) is 0 Å². The minimum Gasteiger partial charge on any atom is -0.478 e. The van der Waals surface area contributed by atoms with E-state index in [4.69, 9.17) is 0 Å². The molecular formula is C14H6N2O8. The van der Waals surface area contributed by atoms with E-state index in [1.54, 1.807) is 0 Å². The van der Waals surface area contributed by atoms with Crippen LogP contribution < -0.4 is 0 Å². The molecule has 3 rings (SSSR count). The summed E-state index contributed by atoms with van der Waals surface area (Å²) in [6, 6.07) is 2.59. The Kier molecular flexibility index (Phi) is 3.04. The molecular weight excluding hydrogens is 324 g/mol. The van der Waals surface area contributed by atoms with E-state index in [1.807, 2.05) is 0 Å². The molecule has 1 aliphatic carbocycles. The second-order valence-electron chi connectivity index (χ2n) is 4.73. The Morgan fingerprint density at radius 3 is 2.21 bits per heavy atom. The van der Waals surface area contributed by atoms with E-state index in [0.29, 0.717) is 0 Å². The highest BCUT2D eigenvalue weighted by Gasteiger charge is 2.43. The lowest BCUT2D eigenvalue weighted by atomic mass is 9.89. The number of rotatable bonds is 2. The smallest absolute Gasteiger partial charge is 0.416 e. The molecule has 2 heterocycles. The summed E-state index contributed by atoms with van der Waals surface area (Å²) in [5, 5.41) is 27.8. The zero-order valence-electron chi connectivity index (χ0n) is 11.5. The van der Waals surface area contributed by atoms with Crippen LogP contribution in [0.4, 0.5) is 4.79 Å². The molecule has 1 aliphatic rings. The first-order valence-corrected chi connectivity index (χ1v) is 6.30. The van der Waals surface area contributed by atoms with Crippen LogP contribution in [0.3, 0.4) is 0 Å². The van der Waals surface area contributed by atoms with E-state index in [2.05, 4.69) is 4.98 Å². The zero-order valence-corrected chi connectivity index (χ0v) is 11.5. The maximum absolute atomic E-state index is 12.3. The van der Waals surface area contributed by atoms with E-state index in [-0.39, 0.29) is 15.8 Å². The van der Waals surface area contributed by atoms with Crippen molar-refractivity contribution in [2.24, 2.45) is 0 Å². The lowest BCUT2D eigenvalue weighted by Crippen LogP contribution is -2.25. The van der Waals surface area contributed by atoms with E-state index in [1.165, 1.54) is 18.3 Å². The first-order chi connectivity index (χ1) is 11.3. The van der Waals surface area contributed by atoms with Crippen LogP contribution >= 0.6 is 0 Å². The Morgan fingerprint density at radius 1 is 1.00 bits per heavy atom. The molecule has 120 valence electrons. The van der Waals surface area contributed by atoms with Gasteiger partial charge in [0.05, 0.1) is 11.3 Å². The third-order valence-corrected chi connectivity index (χ3v) is 3.49. The van der Waals surface area contributed by atoms with Crippen LogP contribution in [0.5, 0.6) is 0 Å². The summed E-state index contributed by atoms with van der Waals surface area (Å²) in [4.78, 5) is 62.5. The fourth-order valence-corrected chi connectivity index (χ4v) is 2.65. The number of hydrogen-bond donors (Lipinski definition) is 3. The van der Waals surface area contributed by atoms with Crippen molar-refractivity contribution in [3.05, 3.63) is 40.8 Å². The van der Waals surface area contributed by atoms with Crippen LogP contribution in [0.2, 0.25) is 0 Å². The van der Waals surface area contributed by atoms with Crippen LogP contribution in [-0.4, -0.2) is 54.5 Å². The molecule has 3 N–H and O–H groups in total. The van der Waals surface area contributed by atoms with Gasteiger partial charge in [0.1, 0.15) is 11.3 Å². The summed E-state index contributed by atoms with van der Waals surface area (Å²) >= 11 is 0. The summed E-state index contributed by atoms with van der Waals surface area (Å²) in [6.07, 6.45) is -0.618. The number of hydrogen-bond acceptors (Lipinski definition) is 6. The van der Waals surface area contributed by atoms with E-state index < -0.39 is 52.1 Å². The largest absolute Gasteiger partial charge is 0.478 e. The van der Waals surface area contributed by atoms with Gasteiger partial charge in [0.15, 0.2) is 5.69 Å². The van der Waals surface area contributed by atoms with Crippen LogP contribution in [0.1, 0.15) is 41.7 Å². The van der Waals surface area contributed by atoms with Crippen molar-refractivity contribution in [1.29, 1.82) is 0 Å². The van der Waals surface area contributed by atoms with Crippen molar-refractivity contribution in [3.8, 4) is 11.3 Å². The SMILES string of the molecule is O=C1C(=O)c2c(C(=O)O)c(C(=O)O)n(C(=O)O)c2-c2cccnc21. The van der Waals surface area contributed by atoms with E-state index >= 15 is 0 Å². The van der Waals surface area contributed by atoms with Gasteiger partial charge in [-0.05, 0) is 12.1 Å². The molecule has 0 atom stereocenters. The quantitative estimate of drug-likeness (QED) is 0.677. The summed E-state index contributed by atoms with van der Waals surface area (Å²) in [5.74, 6) is -6.16. The topological polar surface area (TPSA) is 164 Å². The van der Waals surface area contributed by atoms with Crippen molar-refractivity contribution < 1.29 is 39.3 Å². The fourth-order valence-electron chi connectivity index (χ4n) is 2.65. The molecule has 0 saturated heterocycles. The number of carbonyl (C=O) groups excluding carboxylic acids is 2. The van der Waals surface area contributed by atoms with Gasteiger partial charge in [0.2, 0.25) is 5.78 Å². The predicted octanol–water partition coefficient (Wildman–Crippen LogP) is 0.852. The number of ketones is 2. The first kappa shape index (κ1) is 15.1. The number of carboxylic acid groups (broad SMARTS) is 3. The summed E-state index contributed by atoms with van der Waals surface area (Å²) in [6.45, 7) is 0. The van der Waals surface area contributed by atoms with Gasteiger partial charge < -0.3 is 15.3 Å². The Morgan fingerprint density at radius 2 is 1.67 bits per heavy atom. The number of aromatic nitrogens is 2. The van der Waals surface area contributed by atoms with Crippen molar-refractivity contribution in [2.75, 3.05) is 0 Å². The van der Waals surface area contributed by atoms with Crippen LogP contribution in [-0.2, 0) is 0 Å². The summed E-state index contributed by atoms with van der Waals surface area (Å²) in [7, 11) is 0. The number of Topliss-reactive ketones (excluding diaryl/α,β-unsaturated/α-hetero) is 2. The standard InChI is InChI=1S/C14H6N2O8/c17-10-5-6(12(19)20)9(13(21)22)16(14(23)24)8(5)4-2-1-3-15-7(4)11(10)18/h1-3H,(H,19,20)(H,21,22)(H,23,24). The van der Waals surface area contributed by atoms with Crippen molar-refractivity contribution in [2.45, 2.75) is 0 Å². The molecule has 0 aliphatic heterocycles. The highest BCUT2D eigenvalue weighted by molar-refractivity contribution is 6.53. The molecule has 2 aromatic rings. The first-order valence-electron chi connectivity index (χ1n) is 6.30. The molecule has 0 bridgehead atoms. The lowest BCUT2D eigenvalue weighted by molar-refractivity contribution is 0.0642. The number of carboxylic acids is 2. The molecule has 24 heavy (non-hydrogen) atoms. The van der Waals surface area contributed by atoms with E-state index in [0.717, 1.165) is 0 Å². The summed E-state index contributed by atoms with van der Waals surface area (Å²) in [5.41, 5.74) is -3.94. The Labute approximate surface area is 131 Å². The van der Waals surface area contributed by atoms with Gasteiger partial charge >= 0.3 is 18.0 Å². The van der Waals surface area contributed by atoms with Gasteiger partial charge in [-0.3, -0.25) is 14.6 Å². The third-order valence-electron chi connectivity index (χ3n) is 3.49. The number of pyridine rings is 1. The second kappa shape index (κ2) is 4.84. The minimum atomic E-state index is -1.87. The molecule has 0 amide bonds. The Hall–Kier alpha value is -3.82. The molecule has 10 nitrogen and oxygen atoms in total. The molecule has 0 unspecified atom stereocenters. The van der Waals surface area contributed by atoms with Crippen molar-refractivity contribution in [3.63, 3.8) is 0 Å². The average molecular weight is 330 g/mol. The fraction of sp³-hybridized carbons (Fsp3) is 0. The molecule has 0 spiro atoms. The van der Waals surface area contributed by atoms with Gasteiger partial charge in [0.25, 0.3) is 5.78 Å². The van der Waals surface area contributed by atoms with Gasteiger partial charge in [-0.1, -0.05) is 0 Å². The number of fused-ring (bicyclic) bond motifs is 3. The van der Waals surface area contributed by atoms with Crippen molar-refractivity contribution >= 4 is 29.6 Å². The van der Waals surface area contributed by atoms with E-state index in [9.17, 15) is 39.3 Å². The average Bonchev–Trinajstić information content (AvgIpc) is 2.89. The highest BCUT2D eigenvalue weighted by Crippen LogP contribution is 2.38. The monoisotopic (exact) mass is 330 g/mol. The maximum Gasteiger partial charge on any atom is 0.416 e. The highest BCUT2D eigenvalue weighted by atomic mass is 16.4. The summed E-state index contributed by atoms with van der Waals surface area (Å²) < 4.78 is 0.173. The molecule has 0 radical (unpaired) electrons. The van der Waals surface area contributed by atoms with Crippen LogP contribution in [0.25, 0.3) is 11.3 Å². The predicted molar refractivity (Wildman–Crippen MR) is 73.7 cm³/mol.